The van der Waals surface area contributed by atoms with Crippen molar-refractivity contribution in [1.29, 1.82) is 5.26 Å². The molecule has 5 heteroatoms. The van der Waals surface area contributed by atoms with Gasteiger partial charge in [-0.05, 0) is 24.4 Å². The third-order valence-electron chi connectivity index (χ3n) is 2.30. The highest BCUT2D eigenvalue weighted by Gasteiger charge is 2.13. The van der Waals surface area contributed by atoms with E-state index in [1.807, 2.05) is 0 Å². The molecule has 3 N–H and O–H groups in total. The van der Waals surface area contributed by atoms with Crippen molar-refractivity contribution in [2.24, 2.45) is 0 Å². The maximum absolute atomic E-state index is 8.90. The zero-order valence-corrected chi connectivity index (χ0v) is 9.90. The fourth-order valence-corrected chi connectivity index (χ4v) is 2.16. The van der Waals surface area contributed by atoms with Crippen LogP contribution in [-0.2, 0) is 0 Å². The molecule has 0 aromatic carbocycles. The standard InChI is InChI=1S/C10H16N4S/c1-3-5-7(4-2)13-10-8(6-11)9(12)14-15-10/h7,13H,3-5H2,1-2H3,(H2,12,14). The summed E-state index contributed by atoms with van der Waals surface area (Å²) in [6.07, 6.45) is 3.26. The van der Waals surface area contributed by atoms with Crippen LogP contribution in [0.1, 0.15) is 38.7 Å². The molecule has 0 spiro atoms. The van der Waals surface area contributed by atoms with E-state index in [1.165, 1.54) is 11.5 Å². The van der Waals surface area contributed by atoms with Gasteiger partial charge in [0, 0.05) is 6.04 Å². The van der Waals surface area contributed by atoms with Crippen LogP contribution in [-0.4, -0.2) is 10.4 Å². The van der Waals surface area contributed by atoms with E-state index >= 15 is 0 Å². The summed E-state index contributed by atoms with van der Waals surface area (Å²) in [4.78, 5) is 0. The zero-order valence-electron chi connectivity index (χ0n) is 9.08. The highest BCUT2D eigenvalue weighted by molar-refractivity contribution is 7.10. The van der Waals surface area contributed by atoms with Gasteiger partial charge in [-0.1, -0.05) is 20.3 Å². The van der Waals surface area contributed by atoms with Crippen molar-refractivity contribution in [3.05, 3.63) is 5.56 Å². The second-order valence-electron chi connectivity index (χ2n) is 3.42. The lowest BCUT2D eigenvalue weighted by Gasteiger charge is -2.15. The van der Waals surface area contributed by atoms with E-state index in [4.69, 9.17) is 11.0 Å². The van der Waals surface area contributed by atoms with Gasteiger partial charge in [-0.25, -0.2) is 0 Å². The van der Waals surface area contributed by atoms with Gasteiger partial charge in [-0.3, -0.25) is 0 Å². The van der Waals surface area contributed by atoms with Crippen LogP contribution in [0.5, 0.6) is 0 Å². The first kappa shape index (κ1) is 11.8. The number of nitriles is 1. The molecule has 1 atom stereocenters. The van der Waals surface area contributed by atoms with Crippen LogP contribution in [0.2, 0.25) is 0 Å². The Balaban J connectivity index is 2.75. The number of aromatic nitrogens is 1. The lowest BCUT2D eigenvalue weighted by molar-refractivity contribution is 0.624. The van der Waals surface area contributed by atoms with E-state index in [9.17, 15) is 0 Å². The van der Waals surface area contributed by atoms with Crippen molar-refractivity contribution in [3.8, 4) is 6.07 Å². The summed E-state index contributed by atoms with van der Waals surface area (Å²) < 4.78 is 3.97. The van der Waals surface area contributed by atoms with Gasteiger partial charge in [0.05, 0.1) is 0 Å². The fraction of sp³-hybridized carbons (Fsp3) is 0.600. The molecule has 15 heavy (non-hydrogen) atoms. The van der Waals surface area contributed by atoms with Gasteiger partial charge in [-0.2, -0.15) is 9.64 Å². The van der Waals surface area contributed by atoms with Crippen molar-refractivity contribution in [2.75, 3.05) is 11.1 Å². The summed E-state index contributed by atoms with van der Waals surface area (Å²) in [5.74, 6) is 0.330. The summed E-state index contributed by atoms with van der Waals surface area (Å²) in [5, 5.41) is 13.0. The maximum Gasteiger partial charge on any atom is 0.157 e. The minimum atomic E-state index is 0.330. The van der Waals surface area contributed by atoms with Crippen molar-refractivity contribution >= 4 is 22.4 Å². The first-order valence-electron chi connectivity index (χ1n) is 5.14. The van der Waals surface area contributed by atoms with E-state index < -0.39 is 0 Å². The Morgan fingerprint density at radius 2 is 2.33 bits per heavy atom. The quantitative estimate of drug-likeness (QED) is 0.806. The smallest absolute Gasteiger partial charge is 0.157 e. The predicted molar refractivity (Wildman–Crippen MR) is 63.9 cm³/mol. The van der Waals surface area contributed by atoms with Crippen LogP contribution in [0.3, 0.4) is 0 Å². The Kier molecular flexibility index (Phi) is 4.37. The molecule has 82 valence electrons. The minimum absolute atomic E-state index is 0.330. The van der Waals surface area contributed by atoms with Crippen LogP contribution in [0, 0.1) is 11.3 Å². The number of rotatable bonds is 5. The van der Waals surface area contributed by atoms with Crippen LogP contribution in [0.4, 0.5) is 10.8 Å². The van der Waals surface area contributed by atoms with Gasteiger partial charge in [0.2, 0.25) is 0 Å². The van der Waals surface area contributed by atoms with Crippen molar-refractivity contribution in [1.82, 2.24) is 4.37 Å². The van der Waals surface area contributed by atoms with Crippen LogP contribution < -0.4 is 11.1 Å². The Labute approximate surface area is 94.3 Å². The molecule has 0 radical (unpaired) electrons. The molecule has 0 aliphatic heterocycles. The molecular formula is C10H16N4S. The van der Waals surface area contributed by atoms with Crippen molar-refractivity contribution < 1.29 is 0 Å². The Bertz CT molecular complexity index is 353. The molecule has 1 rings (SSSR count). The van der Waals surface area contributed by atoms with E-state index in [0.717, 1.165) is 24.3 Å². The molecule has 0 amide bonds. The molecular weight excluding hydrogens is 208 g/mol. The van der Waals surface area contributed by atoms with Crippen molar-refractivity contribution in [2.45, 2.75) is 39.2 Å². The first-order valence-corrected chi connectivity index (χ1v) is 5.92. The molecule has 0 fully saturated rings. The maximum atomic E-state index is 8.90. The molecule has 0 aliphatic carbocycles. The number of nitrogens with two attached hydrogens (primary N) is 1. The number of anilines is 2. The molecule has 0 saturated carbocycles. The fourth-order valence-electron chi connectivity index (χ4n) is 1.42. The monoisotopic (exact) mass is 224 g/mol. The van der Waals surface area contributed by atoms with Gasteiger partial charge in [0.15, 0.2) is 5.82 Å². The second-order valence-corrected chi connectivity index (χ2v) is 4.20. The number of nitrogens with one attached hydrogen (secondary N) is 1. The molecule has 1 unspecified atom stereocenters. The Morgan fingerprint density at radius 3 is 2.87 bits per heavy atom. The highest BCUT2D eigenvalue weighted by Crippen LogP contribution is 2.27. The van der Waals surface area contributed by atoms with Gasteiger partial charge in [0.1, 0.15) is 16.6 Å². The summed E-state index contributed by atoms with van der Waals surface area (Å²) in [5.41, 5.74) is 6.06. The largest absolute Gasteiger partial charge is 0.382 e. The third-order valence-corrected chi connectivity index (χ3v) is 3.09. The third kappa shape index (κ3) is 2.83. The Hall–Kier alpha value is -1.28. The van der Waals surface area contributed by atoms with E-state index in [2.05, 4.69) is 29.6 Å². The van der Waals surface area contributed by atoms with Gasteiger partial charge < -0.3 is 11.1 Å². The molecule has 1 aromatic rings. The average molecular weight is 224 g/mol. The lowest BCUT2D eigenvalue weighted by Crippen LogP contribution is -2.17. The van der Waals surface area contributed by atoms with Crippen LogP contribution in [0.15, 0.2) is 0 Å². The van der Waals surface area contributed by atoms with E-state index in [1.54, 1.807) is 0 Å². The molecule has 1 aromatic heterocycles. The molecule has 4 nitrogen and oxygen atoms in total. The first-order chi connectivity index (χ1) is 7.22. The number of nitrogen functional groups attached to an aromatic ring is 1. The van der Waals surface area contributed by atoms with E-state index in [0.29, 0.717) is 17.4 Å². The predicted octanol–water partition coefficient (Wildman–Crippen LogP) is 2.59. The lowest BCUT2D eigenvalue weighted by atomic mass is 10.1. The van der Waals surface area contributed by atoms with Crippen LogP contribution in [0.25, 0.3) is 0 Å². The normalized spacial score (nSPS) is 12.1. The van der Waals surface area contributed by atoms with Gasteiger partial charge >= 0.3 is 0 Å². The second kappa shape index (κ2) is 5.56. The highest BCUT2D eigenvalue weighted by atomic mass is 32.1. The van der Waals surface area contributed by atoms with E-state index in [-0.39, 0.29) is 0 Å². The molecule has 1 heterocycles. The average Bonchev–Trinajstić information content (AvgIpc) is 2.58. The molecule has 0 saturated heterocycles. The number of nitrogens with zero attached hydrogens (tertiary/aromatic N) is 2. The molecule has 0 aliphatic rings. The molecule has 0 bridgehead atoms. The minimum Gasteiger partial charge on any atom is -0.382 e. The summed E-state index contributed by atoms with van der Waals surface area (Å²) >= 11 is 1.26. The SMILES string of the molecule is CCCC(CC)Nc1snc(N)c1C#N. The van der Waals surface area contributed by atoms with Crippen LogP contribution >= 0.6 is 11.5 Å². The number of hydrogen-bond acceptors (Lipinski definition) is 5. The Morgan fingerprint density at radius 1 is 1.60 bits per heavy atom. The number of hydrogen-bond donors (Lipinski definition) is 2. The summed E-state index contributed by atoms with van der Waals surface area (Å²) in [7, 11) is 0. The zero-order chi connectivity index (χ0) is 11.3. The topological polar surface area (TPSA) is 74.7 Å². The van der Waals surface area contributed by atoms with Gasteiger partial charge in [0.25, 0.3) is 0 Å². The van der Waals surface area contributed by atoms with Gasteiger partial charge in [-0.15, -0.1) is 0 Å². The summed E-state index contributed by atoms with van der Waals surface area (Å²) in [6.45, 7) is 4.28. The summed E-state index contributed by atoms with van der Waals surface area (Å²) in [6, 6.07) is 2.48. The van der Waals surface area contributed by atoms with Crippen molar-refractivity contribution in [3.63, 3.8) is 0 Å².